The molecule has 0 spiro atoms. The second-order valence-corrected chi connectivity index (χ2v) is 3.92. The Morgan fingerprint density at radius 3 is 1.94 bits per heavy atom. The summed E-state index contributed by atoms with van der Waals surface area (Å²) >= 11 is 0. The lowest BCUT2D eigenvalue weighted by atomic mass is 9.95. The molecule has 0 radical (unpaired) electrons. The molecule has 1 fully saturated rings. The minimum Gasteiger partial charge on any atom is -0.378 e. The van der Waals surface area contributed by atoms with Crippen molar-refractivity contribution in [2.45, 2.75) is 36.8 Å². The van der Waals surface area contributed by atoms with Crippen molar-refractivity contribution in [1.82, 2.24) is 0 Å². The first kappa shape index (κ1) is 15.4. The van der Waals surface area contributed by atoms with Crippen LogP contribution < -0.4 is 0 Å². The van der Waals surface area contributed by atoms with Gasteiger partial charge in [0.05, 0.1) is 0 Å². The maximum Gasteiger partial charge on any atom is 0.186 e. The Morgan fingerprint density at radius 1 is 1.00 bits per heavy atom. The fraction of sp³-hybridized carbons (Fsp3) is 0.833. The Balaban J connectivity index is 2.98. The highest BCUT2D eigenvalue weighted by Crippen LogP contribution is 2.28. The SMILES string of the molecule is C#CC(O)[C@H]1O[C@H](OC)[C@H](OC)[C@@H](OC)[C@@H]1OC. The van der Waals surface area contributed by atoms with Gasteiger partial charge in [0.2, 0.25) is 0 Å². The normalized spacial score (nSPS) is 38.1. The number of rotatable bonds is 5. The Bertz CT molecular complexity index is 289. The lowest BCUT2D eigenvalue weighted by molar-refractivity contribution is -0.311. The van der Waals surface area contributed by atoms with Gasteiger partial charge in [-0.15, -0.1) is 6.42 Å². The van der Waals surface area contributed by atoms with Gasteiger partial charge in [-0.3, -0.25) is 0 Å². The van der Waals surface area contributed by atoms with Gasteiger partial charge in [-0.05, 0) is 0 Å². The summed E-state index contributed by atoms with van der Waals surface area (Å²) in [6, 6.07) is 0. The molecule has 0 saturated carbocycles. The van der Waals surface area contributed by atoms with Crippen LogP contribution in [0.1, 0.15) is 0 Å². The van der Waals surface area contributed by atoms with E-state index in [0.717, 1.165) is 0 Å². The van der Waals surface area contributed by atoms with Crippen LogP contribution in [0.3, 0.4) is 0 Å². The van der Waals surface area contributed by atoms with E-state index in [4.69, 9.17) is 30.1 Å². The van der Waals surface area contributed by atoms with Crippen LogP contribution in [0.15, 0.2) is 0 Å². The van der Waals surface area contributed by atoms with Gasteiger partial charge < -0.3 is 28.8 Å². The molecule has 18 heavy (non-hydrogen) atoms. The summed E-state index contributed by atoms with van der Waals surface area (Å²) in [7, 11) is 6.03. The first-order valence-corrected chi connectivity index (χ1v) is 5.55. The zero-order chi connectivity index (χ0) is 13.7. The summed E-state index contributed by atoms with van der Waals surface area (Å²) in [4.78, 5) is 0. The molecular formula is C12H20O6. The molecule has 0 aliphatic carbocycles. The van der Waals surface area contributed by atoms with Crippen LogP contribution in [0.4, 0.5) is 0 Å². The number of aliphatic hydroxyl groups is 1. The highest BCUT2D eigenvalue weighted by atomic mass is 16.7. The van der Waals surface area contributed by atoms with Gasteiger partial charge in [-0.1, -0.05) is 5.92 Å². The molecule has 6 nitrogen and oxygen atoms in total. The van der Waals surface area contributed by atoms with Crippen molar-refractivity contribution < 1.29 is 28.8 Å². The summed E-state index contributed by atoms with van der Waals surface area (Å²) in [5, 5.41) is 9.78. The Morgan fingerprint density at radius 2 is 1.56 bits per heavy atom. The van der Waals surface area contributed by atoms with E-state index in [9.17, 15) is 5.11 Å². The molecule has 0 aromatic heterocycles. The van der Waals surface area contributed by atoms with Crippen LogP contribution in [-0.2, 0) is 23.7 Å². The third-order valence-electron chi connectivity index (χ3n) is 3.06. The van der Waals surface area contributed by atoms with E-state index >= 15 is 0 Å². The predicted octanol–water partition coefficient (Wildman–Crippen LogP) is -0.603. The van der Waals surface area contributed by atoms with Crippen LogP contribution in [-0.4, -0.2) is 70.4 Å². The molecule has 104 valence electrons. The van der Waals surface area contributed by atoms with Crippen molar-refractivity contribution in [3.8, 4) is 12.3 Å². The molecule has 1 aliphatic heterocycles. The molecule has 1 unspecified atom stereocenters. The number of ether oxygens (including phenoxy) is 5. The van der Waals surface area contributed by atoms with E-state index in [1.54, 1.807) is 0 Å². The van der Waals surface area contributed by atoms with E-state index in [1.807, 2.05) is 0 Å². The van der Waals surface area contributed by atoms with Gasteiger partial charge in [0.15, 0.2) is 6.29 Å². The number of hydrogen-bond donors (Lipinski definition) is 1. The number of aliphatic hydroxyl groups excluding tert-OH is 1. The number of methoxy groups -OCH3 is 4. The quantitative estimate of drug-likeness (QED) is 0.666. The van der Waals surface area contributed by atoms with Crippen molar-refractivity contribution in [3.05, 3.63) is 0 Å². The van der Waals surface area contributed by atoms with Crippen LogP contribution in [0.5, 0.6) is 0 Å². The average molecular weight is 260 g/mol. The maximum atomic E-state index is 9.78. The van der Waals surface area contributed by atoms with Crippen molar-refractivity contribution >= 4 is 0 Å². The van der Waals surface area contributed by atoms with E-state index in [0.29, 0.717) is 0 Å². The topological polar surface area (TPSA) is 66.4 Å². The average Bonchev–Trinajstić information content (AvgIpc) is 2.43. The van der Waals surface area contributed by atoms with Crippen LogP contribution in [0, 0.1) is 12.3 Å². The molecular weight excluding hydrogens is 240 g/mol. The second-order valence-electron chi connectivity index (χ2n) is 3.92. The van der Waals surface area contributed by atoms with Gasteiger partial charge in [-0.2, -0.15) is 0 Å². The molecule has 0 aromatic carbocycles. The molecule has 1 rings (SSSR count). The zero-order valence-corrected chi connectivity index (χ0v) is 11.0. The smallest absolute Gasteiger partial charge is 0.186 e. The molecule has 1 N–H and O–H groups in total. The van der Waals surface area contributed by atoms with Gasteiger partial charge in [-0.25, -0.2) is 0 Å². The van der Waals surface area contributed by atoms with E-state index in [1.165, 1.54) is 28.4 Å². The molecule has 1 aliphatic rings. The van der Waals surface area contributed by atoms with E-state index in [-0.39, 0.29) is 0 Å². The first-order chi connectivity index (χ1) is 8.64. The number of hydrogen-bond acceptors (Lipinski definition) is 6. The largest absolute Gasteiger partial charge is 0.378 e. The molecule has 1 saturated heterocycles. The third kappa shape index (κ3) is 2.83. The van der Waals surface area contributed by atoms with Crippen LogP contribution in [0.2, 0.25) is 0 Å². The fourth-order valence-electron chi connectivity index (χ4n) is 2.16. The van der Waals surface area contributed by atoms with Gasteiger partial charge >= 0.3 is 0 Å². The molecule has 0 amide bonds. The molecule has 0 bridgehead atoms. The van der Waals surface area contributed by atoms with Crippen molar-refractivity contribution in [3.63, 3.8) is 0 Å². The third-order valence-corrected chi connectivity index (χ3v) is 3.06. The maximum absolute atomic E-state index is 9.78. The van der Waals surface area contributed by atoms with Crippen molar-refractivity contribution in [2.75, 3.05) is 28.4 Å². The van der Waals surface area contributed by atoms with Crippen molar-refractivity contribution in [1.29, 1.82) is 0 Å². The zero-order valence-electron chi connectivity index (χ0n) is 11.0. The molecule has 6 heteroatoms. The minimum absolute atomic E-state index is 0.452. The molecule has 6 atom stereocenters. The van der Waals surface area contributed by atoms with Gasteiger partial charge in [0.1, 0.15) is 30.5 Å². The van der Waals surface area contributed by atoms with E-state index < -0.39 is 36.8 Å². The summed E-state index contributed by atoms with van der Waals surface area (Å²) in [5.74, 6) is 2.22. The number of terminal acetylenes is 1. The monoisotopic (exact) mass is 260 g/mol. The highest BCUT2D eigenvalue weighted by molar-refractivity contribution is 5.05. The van der Waals surface area contributed by atoms with Crippen molar-refractivity contribution in [2.24, 2.45) is 0 Å². The predicted molar refractivity (Wildman–Crippen MR) is 62.9 cm³/mol. The van der Waals surface area contributed by atoms with Crippen LogP contribution in [0.25, 0.3) is 0 Å². The van der Waals surface area contributed by atoms with Gasteiger partial charge in [0.25, 0.3) is 0 Å². The molecule has 0 aromatic rings. The highest BCUT2D eigenvalue weighted by Gasteiger charge is 2.49. The first-order valence-electron chi connectivity index (χ1n) is 5.55. The lowest BCUT2D eigenvalue weighted by Crippen LogP contribution is -2.62. The second kappa shape index (κ2) is 7.04. The summed E-state index contributed by atoms with van der Waals surface area (Å²) in [5.41, 5.74) is 0. The van der Waals surface area contributed by atoms with Gasteiger partial charge in [0, 0.05) is 28.4 Å². The summed E-state index contributed by atoms with van der Waals surface area (Å²) in [6.07, 6.45) is 1.23. The molecule has 1 heterocycles. The Hall–Kier alpha value is -0.680. The standard InChI is InChI=1S/C12H20O6/c1-6-7(13)8-9(14-2)10(15-3)11(16-4)12(17-5)18-8/h1,7-13H,2-5H3/t7?,8-,9-,10+,11-,12+/m1/s1. The van der Waals surface area contributed by atoms with E-state index in [2.05, 4.69) is 5.92 Å². The fourth-order valence-corrected chi connectivity index (χ4v) is 2.16. The lowest BCUT2D eigenvalue weighted by Gasteiger charge is -2.44. The summed E-state index contributed by atoms with van der Waals surface area (Å²) < 4.78 is 26.7. The summed E-state index contributed by atoms with van der Waals surface area (Å²) in [6.45, 7) is 0. The Kier molecular flexibility index (Phi) is 6.02. The Labute approximate surface area is 107 Å². The minimum atomic E-state index is -1.11. The van der Waals surface area contributed by atoms with Crippen LogP contribution >= 0.6 is 0 Å².